The quantitative estimate of drug-likeness (QED) is 0.540. The van der Waals surface area contributed by atoms with Crippen LogP contribution in [0.25, 0.3) is 0 Å². The minimum Gasteiger partial charge on any atom is -0.0832 e. The zero-order valence-corrected chi connectivity index (χ0v) is 11.3. The van der Waals surface area contributed by atoms with Crippen molar-refractivity contribution in [3.63, 3.8) is 0 Å². The van der Waals surface area contributed by atoms with Crippen LogP contribution < -0.4 is 0 Å². The third-order valence-corrected chi connectivity index (χ3v) is 4.20. The number of allylic oxidation sites excluding steroid dienone is 18. The molecule has 0 saturated heterocycles. The highest BCUT2D eigenvalue weighted by Gasteiger charge is 2.32. The van der Waals surface area contributed by atoms with E-state index in [4.69, 9.17) is 0 Å². The molecule has 0 spiro atoms. The minimum absolute atomic E-state index is 0.420. The summed E-state index contributed by atoms with van der Waals surface area (Å²) in [7, 11) is 0. The van der Waals surface area contributed by atoms with Gasteiger partial charge in [0.1, 0.15) is 0 Å². The van der Waals surface area contributed by atoms with E-state index in [1.807, 2.05) is 0 Å². The Morgan fingerprint density at radius 2 is 1.50 bits per heavy atom. The van der Waals surface area contributed by atoms with Gasteiger partial charge in [-0.25, -0.2) is 0 Å². The highest BCUT2D eigenvalue weighted by Crippen LogP contribution is 2.47. The zero-order valence-electron chi connectivity index (χ0n) is 11.3. The minimum atomic E-state index is 0.420. The lowest BCUT2D eigenvalue weighted by atomic mass is 9.82. The fourth-order valence-corrected chi connectivity index (χ4v) is 3.35. The molecule has 0 saturated carbocycles. The molecule has 96 valence electrons. The first-order valence-electron chi connectivity index (χ1n) is 7.16. The molecule has 0 aliphatic heterocycles. The summed E-state index contributed by atoms with van der Waals surface area (Å²) >= 11 is 0. The van der Waals surface area contributed by atoms with Crippen molar-refractivity contribution in [3.05, 3.63) is 107 Å². The zero-order chi connectivity index (χ0) is 13.4. The number of fused-ring (bicyclic) bond motifs is 2. The van der Waals surface area contributed by atoms with Crippen molar-refractivity contribution in [2.45, 2.75) is 6.42 Å². The van der Waals surface area contributed by atoms with Crippen LogP contribution in [0.2, 0.25) is 0 Å². The smallest absolute Gasteiger partial charge is 0.0284 e. The summed E-state index contributed by atoms with van der Waals surface area (Å²) in [6, 6.07) is 0. The molecule has 0 nitrogen and oxygen atoms in total. The molecule has 0 heterocycles. The predicted molar refractivity (Wildman–Crippen MR) is 85.1 cm³/mol. The summed E-state index contributed by atoms with van der Waals surface area (Å²) in [6.45, 7) is 0. The molecule has 0 radical (unpaired) electrons. The highest BCUT2D eigenvalue weighted by molar-refractivity contribution is 5.70. The van der Waals surface area contributed by atoms with E-state index in [-0.39, 0.29) is 0 Å². The lowest BCUT2D eigenvalue weighted by Crippen LogP contribution is -2.07. The van der Waals surface area contributed by atoms with Crippen LogP contribution >= 0.6 is 0 Å². The maximum Gasteiger partial charge on any atom is 0.0284 e. The second-order valence-electron chi connectivity index (χ2n) is 5.35. The first kappa shape index (κ1) is 11.5. The third-order valence-electron chi connectivity index (χ3n) is 4.20. The number of hydrogen-bond donors (Lipinski definition) is 0. The van der Waals surface area contributed by atoms with Crippen molar-refractivity contribution in [2.75, 3.05) is 0 Å². The lowest BCUT2D eigenvalue weighted by molar-refractivity contribution is 0.897. The Morgan fingerprint density at radius 1 is 0.750 bits per heavy atom. The van der Waals surface area contributed by atoms with Crippen molar-refractivity contribution >= 4 is 0 Å². The molecule has 4 aliphatic carbocycles. The molecule has 4 aliphatic rings. The van der Waals surface area contributed by atoms with Crippen molar-refractivity contribution in [1.29, 1.82) is 0 Å². The van der Waals surface area contributed by atoms with E-state index >= 15 is 0 Å². The van der Waals surface area contributed by atoms with Gasteiger partial charge in [-0.15, -0.1) is 0 Å². The van der Waals surface area contributed by atoms with Gasteiger partial charge in [-0.2, -0.15) is 0 Å². The van der Waals surface area contributed by atoms with Crippen LogP contribution in [-0.2, 0) is 0 Å². The largest absolute Gasteiger partial charge is 0.0832 e. The molecule has 0 fully saturated rings. The van der Waals surface area contributed by atoms with Gasteiger partial charge in [0.25, 0.3) is 0 Å². The maximum atomic E-state index is 2.36. The third kappa shape index (κ3) is 1.69. The Labute approximate surface area is 119 Å². The van der Waals surface area contributed by atoms with E-state index in [0.717, 1.165) is 6.42 Å². The summed E-state index contributed by atoms with van der Waals surface area (Å²) < 4.78 is 0. The molecular formula is C20H16. The summed E-state index contributed by atoms with van der Waals surface area (Å²) in [4.78, 5) is 0. The molecule has 0 amide bonds. The fraction of sp³-hybridized carbons (Fsp3) is 0.100. The molecule has 0 bridgehead atoms. The summed E-state index contributed by atoms with van der Waals surface area (Å²) in [6.07, 6.45) is 29.6. The topological polar surface area (TPSA) is 0 Å². The predicted octanol–water partition coefficient (Wildman–Crippen LogP) is 4.90. The van der Waals surface area contributed by atoms with Gasteiger partial charge in [-0.3, -0.25) is 0 Å². The summed E-state index contributed by atoms with van der Waals surface area (Å²) in [5, 5.41) is 0. The molecule has 0 aromatic rings. The van der Waals surface area contributed by atoms with Crippen LogP contribution in [0.5, 0.6) is 0 Å². The second kappa shape index (κ2) is 4.64. The van der Waals surface area contributed by atoms with E-state index in [2.05, 4.69) is 79.0 Å². The van der Waals surface area contributed by atoms with Gasteiger partial charge in [0.15, 0.2) is 0 Å². The van der Waals surface area contributed by atoms with Crippen molar-refractivity contribution in [1.82, 2.24) is 0 Å². The average Bonchev–Trinajstić information content (AvgIpc) is 2.68. The van der Waals surface area contributed by atoms with E-state index in [0.29, 0.717) is 5.92 Å². The van der Waals surface area contributed by atoms with Gasteiger partial charge in [0.05, 0.1) is 0 Å². The van der Waals surface area contributed by atoms with E-state index in [1.165, 1.54) is 27.9 Å². The molecule has 0 aromatic carbocycles. The van der Waals surface area contributed by atoms with Crippen LogP contribution in [-0.4, -0.2) is 0 Å². The lowest BCUT2D eigenvalue weighted by Gasteiger charge is -2.21. The van der Waals surface area contributed by atoms with Gasteiger partial charge < -0.3 is 0 Å². The van der Waals surface area contributed by atoms with Crippen LogP contribution in [0.15, 0.2) is 107 Å². The molecule has 4 rings (SSSR count). The molecule has 1 atom stereocenters. The van der Waals surface area contributed by atoms with E-state index in [1.54, 1.807) is 0 Å². The van der Waals surface area contributed by atoms with Gasteiger partial charge in [-0.05, 0) is 34.3 Å². The summed E-state index contributed by atoms with van der Waals surface area (Å²) in [5.41, 5.74) is 7.13. The fourth-order valence-electron chi connectivity index (χ4n) is 3.35. The average molecular weight is 256 g/mol. The highest BCUT2D eigenvalue weighted by atomic mass is 14.3. The van der Waals surface area contributed by atoms with E-state index in [9.17, 15) is 0 Å². The maximum absolute atomic E-state index is 2.36. The Morgan fingerprint density at radius 3 is 2.40 bits per heavy atom. The van der Waals surface area contributed by atoms with Crippen molar-refractivity contribution in [3.8, 4) is 0 Å². The molecule has 20 heavy (non-hydrogen) atoms. The second-order valence-corrected chi connectivity index (χ2v) is 5.35. The molecular weight excluding hydrogens is 240 g/mol. The SMILES string of the molecule is C1=CC=CC2=C(C=C1)C1=C3C(=CC=CC=C1)CC=CC23. The van der Waals surface area contributed by atoms with Crippen LogP contribution in [0.4, 0.5) is 0 Å². The van der Waals surface area contributed by atoms with Gasteiger partial charge >= 0.3 is 0 Å². The first-order valence-corrected chi connectivity index (χ1v) is 7.16. The standard InChI is InChI=1S/C20H16/c1-2-6-12-17-16(11-5-1)18-13-7-3-4-9-15-10-8-14-19(17)20(15)18/h1-9,11-14,19H,10H2. The van der Waals surface area contributed by atoms with Crippen LogP contribution in [0.3, 0.4) is 0 Å². The van der Waals surface area contributed by atoms with Gasteiger partial charge in [0.2, 0.25) is 0 Å². The Bertz CT molecular complexity index is 722. The van der Waals surface area contributed by atoms with Crippen LogP contribution in [0.1, 0.15) is 6.42 Å². The Kier molecular flexibility index (Phi) is 2.67. The van der Waals surface area contributed by atoms with Crippen molar-refractivity contribution in [2.24, 2.45) is 5.92 Å². The Balaban J connectivity index is 1.97. The van der Waals surface area contributed by atoms with E-state index < -0.39 is 0 Å². The van der Waals surface area contributed by atoms with Gasteiger partial charge in [0, 0.05) is 5.92 Å². The summed E-state index contributed by atoms with van der Waals surface area (Å²) in [5.74, 6) is 0.420. The monoisotopic (exact) mass is 256 g/mol. The molecule has 0 heteroatoms. The Hall–Kier alpha value is -2.34. The number of hydrogen-bond acceptors (Lipinski definition) is 0. The normalized spacial score (nSPS) is 26.0. The number of rotatable bonds is 0. The first-order chi connectivity index (χ1) is 9.95. The molecule has 1 unspecified atom stereocenters. The molecule has 0 aromatic heterocycles. The molecule has 0 N–H and O–H groups in total. The van der Waals surface area contributed by atoms with Crippen molar-refractivity contribution < 1.29 is 0 Å². The van der Waals surface area contributed by atoms with Crippen LogP contribution in [0, 0.1) is 5.92 Å². The van der Waals surface area contributed by atoms with Gasteiger partial charge in [-0.1, -0.05) is 79.0 Å².